The van der Waals surface area contributed by atoms with Crippen molar-refractivity contribution in [2.75, 3.05) is 20.8 Å². The molecule has 1 aliphatic carbocycles. The lowest BCUT2D eigenvalue weighted by Gasteiger charge is -2.47. The van der Waals surface area contributed by atoms with Gasteiger partial charge in [0.05, 0.1) is 18.3 Å². The molecule has 4 aliphatic rings. The van der Waals surface area contributed by atoms with E-state index in [1.807, 2.05) is 58.9 Å². The zero-order valence-electron chi connectivity index (χ0n) is 38.1. The summed E-state index contributed by atoms with van der Waals surface area (Å²) in [6.45, 7) is 13.8. The smallest absolute Gasteiger partial charge is 0.329 e. The van der Waals surface area contributed by atoms with Crippen molar-refractivity contribution in [3.63, 3.8) is 0 Å². The molecule has 3 aliphatic heterocycles. The molecule has 3 heterocycles. The fourth-order valence-corrected chi connectivity index (χ4v) is 10.1. The van der Waals surface area contributed by atoms with Crippen molar-refractivity contribution in [1.82, 2.24) is 4.90 Å². The number of carbonyl (C=O) groups excluding carboxylic acids is 4. The minimum atomic E-state index is -2.48. The Bertz CT molecular complexity index is 1720. The van der Waals surface area contributed by atoms with Crippen LogP contribution in [0.25, 0.3) is 0 Å². The van der Waals surface area contributed by atoms with Gasteiger partial charge in [-0.15, -0.1) is 0 Å². The van der Waals surface area contributed by atoms with Crippen LogP contribution in [0.1, 0.15) is 124 Å². The van der Waals surface area contributed by atoms with E-state index in [2.05, 4.69) is 19.1 Å². The second-order valence-corrected chi connectivity index (χ2v) is 18.7. The maximum Gasteiger partial charge on any atom is 0.329 e. The normalized spacial score (nSPS) is 36.9. The van der Waals surface area contributed by atoms with Gasteiger partial charge in [-0.25, -0.2) is 4.79 Å². The van der Waals surface area contributed by atoms with Crippen LogP contribution in [-0.4, -0.2) is 108 Å². The van der Waals surface area contributed by atoms with Gasteiger partial charge in [0.2, 0.25) is 5.79 Å². The molecule has 13 unspecified atom stereocenters. The number of aliphatic hydroxyl groups excluding tert-OH is 1. The third-order valence-electron chi connectivity index (χ3n) is 13.8. The second kappa shape index (κ2) is 21.8. The molecule has 2 N–H and O–H groups in total. The molecular formula is C49H73NO11. The molecular weight excluding hydrogens is 779 g/mol. The predicted octanol–water partition coefficient (Wildman–Crippen LogP) is 7.24. The Kier molecular flexibility index (Phi) is 17.4. The zero-order valence-corrected chi connectivity index (χ0v) is 38.1. The predicted molar refractivity (Wildman–Crippen MR) is 231 cm³/mol. The summed E-state index contributed by atoms with van der Waals surface area (Å²) < 4.78 is 30.6. The number of rotatable bonds is 7. The van der Waals surface area contributed by atoms with Gasteiger partial charge in [-0.1, -0.05) is 63.1 Å². The number of aliphatic hydroxyl groups is 2. The number of carbonyl (C=O) groups is 4. The average molecular weight is 852 g/mol. The first-order chi connectivity index (χ1) is 29.0. The van der Waals surface area contributed by atoms with E-state index in [4.69, 9.17) is 23.7 Å². The Morgan fingerprint density at radius 3 is 2.26 bits per heavy atom. The maximum absolute atomic E-state index is 14.4. The van der Waals surface area contributed by atoms with Crippen LogP contribution in [-0.2, 0) is 38.1 Å². The van der Waals surface area contributed by atoms with Gasteiger partial charge in [0.15, 0.2) is 0 Å². The van der Waals surface area contributed by atoms with Gasteiger partial charge in [-0.2, -0.15) is 0 Å². The van der Waals surface area contributed by atoms with Gasteiger partial charge in [0.25, 0.3) is 11.7 Å². The molecule has 3 fully saturated rings. The Hall–Kier alpha value is -3.42. The van der Waals surface area contributed by atoms with Crippen molar-refractivity contribution in [2.45, 2.75) is 174 Å². The van der Waals surface area contributed by atoms with Crippen molar-refractivity contribution in [1.29, 1.82) is 0 Å². The van der Waals surface area contributed by atoms with E-state index in [0.29, 0.717) is 57.8 Å². The standard InChI is InChI=1S/C49H73NO11/c1-10-36-24-30(3)23-31(4)25-42(57-8)45-43(58-9)27-34(7)49(56,61-45)46(53)47(54)50-22-12-11-13-38(50)48(55)60-44(32(5)16-20-39(36)51)33(6)26-35-17-21-41(40(52)28-35)59-37-18-14-29(2)15-19-37/h14-15,18-19,24,26,31-32,34-36,38,40-45,52,56H,10-13,16-17,20-23,25,27-28H2,1-9H3. The van der Waals surface area contributed by atoms with Crippen LogP contribution in [0.5, 0.6) is 5.75 Å². The van der Waals surface area contributed by atoms with Gasteiger partial charge in [-0.3, -0.25) is 14.4 Å². The molecule has 2 bridgehead atoms. The molecule has 1 saturated carbocycles. The lowest BCUT2D eigenvalue weighted by molar-refractivity contribution is -0.302. The molecule has 0 radical (unpaired) electrons. The summed E-state index contributed by atoms with van der Waals surface area (Å²) in [6.07, 6.45) is 6.62. The lowest BCUT2D eigenvalue weighted by Crippen LogP contribution is -2.64. The fraction of sp³-hybridized carbons (Fsp3) is 0.714. The molecule has 12 nitrogen and oxygen atoms in total. The largest absolute Gasteiger partial charge is 0.488 e. The lowest BCUT2D eigenvalue weighted by atomic mass is 9.82. The number of methoxy groups -OCH3 is 2. The molecule has 0 aromatic heterocycles. The first-order valence-corrected chi connectivity index (χ1v) is 22.8. The minimum absolute atomic E-state index is 0.00615. The van der Waals surface area contributed by atoms with Crippen LogP contribution in [0.2, 0.25) is 0 Å². The Morgan fingerprint density at radius 2 is 1.61 bits per heavy atom. The molecule has 1 amide bonds. The highest BCUT2D eigenvalue weighted by Gasteiger charge is 2.56. The van der Waals surface area contributed by atoms with Gasteiger partial charge in [0, 0.05) is 39.0 Å². The quantitative estimate of drug-likeness (QED) is 0.162. The fourth-order valence-electron chi connectivity index (χ4n) is 10.1. The number of fused-ring (bicyclic) bond motifs is 3. The SMILES string of the molecule is CCC1C=C(C)CC(C)CC(OC)C2OC(O)(C(=O)C(=O)N3CCCCC3C(=O)OC(C(C)=CC3CCC(Oc4ccc(C)cc4)C(O)C3)C(C)CCC1=O)C(C)CC2OC. The Balaban J connectivity index is 1.45. The first kappa shape index (κ1) is 48.6. The zero-order chi connectivity index (χ0) is 44.6. The molecule has 1 aromatic carbocycles. The van der Waals surface area contributed by atoms with Crippen LogP contribution in [0.15, 0.2) is 47.6 Å². The van der Waals surface area contributed by atoms with Gasteiger partial charge < -0.3 is 38.8 Å². The number of nitrogens with zero attached hydrogens (tertiary/aromatic N) is 1. The van der Waals surface area contributed by atoms with E-state index in [1.54, 1.807) is 21.1 Å². The van der Waals surface area contributed by atoms with E-state index in [0.717, 1.165) is 28.9 Å². The summed E-state index contributed by atoms with van der Waals surface area (Å²) in [5, 5.41) is 23.3. The molecule has 340 valence electrons. The first-order valence-electron chi connectivity index (χ1n) is 22.8. The molecule has 61 heavy (non-hydrogen) atoms. The Labute approximate surface area is 363 Å². The van der Waals surface area contributed by atoms with Crippen LogP contribution in [0.3, 0.4) is 0 Å². The number of amides is 1. The van der Waals surface area contributed by atoms with Crippen molar-refractivity contribution in [3.8, 4) is 5.75 Å². The summed E-state index contributed by atoms with van der Waals surface area (Å²) in [7, 11) is 3.10. The number of ketones is 2. The monoisotopic (exact) mass is 852 g/mol. The number of aryl methyl sites for hydroxylation is 1. The highest BCUT2D eigenvalue weighted by molar-refractivity contribution is 6.39. The number of allylic oxidation sites excluding steroid dienone is 3. The number of Topliss-reactive ketones (excluding diaryl/α,β-unsaturated/α-hetero) is 2. The number of hydrogen-bond acceptors (Lipinski definition) is 11. The molecule has 5 rings (SSSR count). The molecule has 2 saturated heterocycles. The van der Waals surface area contributed by atoms with Crippen LogP contribution >= 0.6 is 0 Å². The third kappa shape index (κ3) is 12.0. The maximum atomic E-state index is 14.4. The van der Waals surface area contributed by atoms with Crippen LogP contribution in [0, 0.1) is 36.5 Å². The number of ether oxygens (including phenoxy) is 5. The number of benzene rings is 1. The molecule has 13 atom stereocenters. The summed E-state index contributed by atoms with van der Waals surface area (Å²) in [5.41, 5.74) is 3.00. The van der Waals surface area contributed by atoms with Crippen molar-refractivity contribution in [2.24, 2.45) is 29.6 Å². The van der Waals surface area contributed by atoms with E-state index in [-0.39, 0.29) is 54.9 Å². The second-order valence-electron chi connectivity index (χ2n) is 18.7. The highest BCUT2D eigenvalue weighted by Crippen LogP contribution is 2.39. The summed E-state index contributed by atoms with van der Waals surface area (Å²) in [5.74, 6) is -5.66. The topological polar surface area (TPSA) is 158 Å². The van der Waals surface area contributed by atoms with E-state index < -0.39 is 65.9 Å². The van der Waals surface area contributed by atoms with Crippen molar-refractivity contribution in [3.05, 3.63) is 53.1 Å². The molecule has 12 heteroatoms. The minimum Gasteiger partial charge on any atom is -0.488 e. The molecule has 0 spiro atoms. The highest BCUT2D eigenvalue weighted by atomic mass is 16.7. The number of cyclic esters (lactones) is 1. The van der Waals surface area contributed by atoms with Crippen LogP contribution in [0.4, 0.5) is 0 Å². The van der Waals surface area contributed by atoms with Gasteiger partial charge >= 0.3 is 5.97 Å². The van der Waals surface area contributed by atoms with Gasteiger partial charge in [-0.05, 0) is 127 Å². The van der Waals surface area contributed by atoms with Crippen molar-refractivity contribution >= 4 is 23.4 Å². The number of piperidine rings is 1. The summed E-state index contributed by atoms with van der Waals surface area (Å²) in [4.78, 5) is 58.1. The van der Waals surface area contributed by atoms with E-state index in [1.165, 1.54) is 4.90 Å². The van der Waals surface area contributed by atoms with Crippen molar-refractivity contribution < 1.29 is 53.1 Å². The number of hydrogen-bond donors (Lipinski definition) is 2. The Morgan fingerprint density at radius 1 is 0.918 bits per heavy atom. The molecule has 1 aromatic rings. The van der Waals surface area contributed by atoms with Crippen LogP contribution < -0.4 is 4.74 Å². The van der Waals surface area contributed by atoms with E-state index >= 15 is 0 Å². The third-order valence-corrected chi connectivity index (χ3v) is 13.8. The van der Waals surface area contributed by atoms with Gasteiger partial charge in [0.1, 0.15) is 35.9 Å². The number of esters is 1. The summed E-state index contributed by atoms with van der Waals surface area (Å²) in [6, 6.07) is 6.73. The van der Waals surface area contributed by atoms with E-state index in [9.17, 15) is 29.4 Å². The summed E-state index contributed by atoms with van der Waals surface area (Å²) >= 11 is 0. The average Bonchev–Trinajstić information content (AvgIpc) is 3.24.